The van der Waals surface area contributed by atoms with Crippen LogP contribution in [0.15, 0.2) is 84.9 Å². The topological polar surface area (TPSA) is 79.0 Å². The lowest BCUT2D eigenvalue weighted by Crippen LogP contribution is -2.42. The predicted octanol–water partition coefficient (Wildman–Crippen LogP) is 4.08. The Kier molecular flexibility index (Phi) is 6.92. The van der Waals surface area contributed by atoms with Crippen molar-refractivity contribution in [1.29, 1.82) is 0 Å². The molecular weight excluding hydrogens is 430 g/mol. The Labute approximate surface area is 198 Å². The molecule has 1 N–H and O–H groups in total. The zero-order valence-electron chi connectivity index (χ0n) is 19.2. The van der Waals surface area contributed by atoms with E-state index in [1.54, 1.807) is 7.11 Å². The van der Waals surface area contributed by atoms with Gasteiger partial charge in [-0.3, -0.25) is 14.5 Å². The number of nitrogens with zero attached hydrogens (tertiary/aromatic N) is 2. The van der Waals surface area contributed by atoms with Crippen LogP contribution < -0.4 is 10.1 Å². The van der Waals surface area contributed by atoms with Gasteiger partial charge in [0.15, 0.2) is 0 Å². The summed E-state index contributed by atoms with van der Waals surface area (Å²) in [6.07, 6.45) is 0. The van der Waals surface area contributed by atoms with Crippen molar-refractivity contribution in [2.45, 2.75) is 25.6 Å². The van der Waals surface area contributed by atoms with Crippen molar-refractivity contribution in [2.75, 3.05) is 13.7 Å². The van der Waals surface area contributed by atoms with Gasteiger partial charge in [-0.2, -0.15) is 0 Å². The zero-order chi connectivity index (χ0) is 24.1. The van der Waals surface area contributed by atoms with Crippen molar-refractivity contribution in [3.63, 3.8) is 0 Å². The standard InChI is InChI=1S/C27H27N3O4/c1-19(22-15-9-10-16-23(22)34-2)28-24(31)18-30-26(32)25(21-13-7-4-8-14-21)29(27(30)33)17-20-11-5-3-6-12-20/h3-16,19,25H,17-18H2,1-2H3,(H,28,31). The van der Waals surface area contributed by atoms with Crippen LogP contribution in [0.25, 0.3) is 0 Å². The van der Waals surface area contributed by atoms with Crippen molar-refractivity contribution < 1.29 is 19.1 Å². The lowest BCUT2D eigenvalue weighted by atomic mass is 10.1. The minimum atomic E-state index is -0.784. The van der Waals surface area contributed by atoms with Gasteiger partial charge in [-0.15, -0.1) is 0 Å². The molecule has 174 valence electrons. The van der Waals surface area contributed by atoms with Crippen molar-refractivity contribution >= 4 is 17.8 Å². The first-order chi connectivity index (χ1) is 16.5. The number of hydrogen-bond acceptors (Lipinski definition) is 4. The average Bonchev–Trinajstić information content (AvgIpc) is 3.09. The Morgan fingerprint density at radius 1 is 0.941 bits per heavy atom. The highest BCUT2D eigenvalue weighted by molar-refractivity contribution is 6.06. The second kappa shape index (κ2) is 10.2. The maximum absolute atomic E-state index is 13.4. The van der Waals surface area contributed by atoms with E-state index in [4.69, 9.17) is 4.74 Å². The van der Waals surface area contributed by atoms with Gasteiger partial charge in [0.1, 0.15) is 18.3 Å². The SMILES string of the molecule is COc1ccccc1C(C)NC(=O)CN1C(=O)C(c2ccccc2)N(Cc2ccccc2)C1=O. The molecule has 2 atom stereocenters. The number of benzene rings is 3. The Morgan fingerprint density at radius 2 is 1.56 bits per heavy atom. The number of amides is 4. The summed E-state index contributed by atoms with van der Waals surface area (Å²) in [5.74, 6) is -0.178. The number of hydrogen-bond donors (Lipinski definition) is 1. The van der Waals surface area contributed by atoms with Crippen molar-refractivity contribution in [1.82, 2.24) is 15.1 Å². The van der Waals surface area contributed by atoms with Gasteiger partial charge in [0.2, 0.25) is 5.91 Å². The fourth-order valence-electron chi connectivity index (χ4n) is 4.22. The van der Waals surface area contributed by atoms with Crippen molar-refractivity contribution in [3.05, 3.63) is 102 Å². The van der Waals surface area contributed by atoms with Crippen molar-refractivity contribution in [3.8, 4) is 5.75 Å². The van der Waals surface area contributed by atoms with Gasteiger partial charge in [-0.25, -0.2) is 4.79 Å². The van der Waals surface area contributed by atoms with Gasteiger partial charge in [0, 0.05) is 12.1 Å². The highest BCUT2D eigenvalue weighted by Gasteiger charge is 2.46. The van der Waals surface area contributed by atoms with Crippen molar-refractivity contribution in [2.24, 2.45) is 0 Å². The van der Waals surface area contributed by atoms with Crippen LogP contribution in [0.3, 0.4) is 0 Å². The number of ether oxygens (including phenoxy) is 1. The van der Waals surface area contributed by atoms with E-state index in [0.29, 0.717) is 11.3 Å². The summed E-state index contributed by atoms with van der Waals surface area (Å²) in [5.41, 5.74) is 2.42. The molecule has 1 heterocycles. The first kappa shape index (κ1) is 23.0. The summed E-state index contributed by atoms with van der Waals surface area (Å²) < 4.78 is 5.37. The third-order valence-corrected chi connectivity index (χ3v) is 5.88. The molecule has 7 heteroatoms. The molecule has 7 nitrogen and oxygen atoms in total. The molecule has 34 heavy (non-hydrogen) atoms. The number of methoxy groups -OCH3 is 1. The molecule has 2 unspecified atom stereocenters. The molecule has 1 saturated heterocycles. The Balaban J connectivity index is 1.53. The number of nitrogens with one attached hydrogen (secondary N) is 1. The molecule has 3 aromatic carbocycles. The summed E-state index contributed by atoms with van der Waals surface area (Å²) in [4.78, 5) is 42.1. The lowest BCUT2D eigenvalue weighted by Gasteiger charge is -2.22. The number of urea groups is 1. The average molecular weight is 458 g/mol. The fraction of sp³-hybridized carbons (Fsp3) is 0.222. The van der Waals surface area contributed by atoms with Crippen LogP contribution in [0.1, 0.15) is 35.7 Å². The summed E-state index contributed by atoms with van der Waals surface area (Å²) in [7, 11) is 1.57. The molecule has 4 amide bonds. The van der Waals surface area contributed by atoms with Gasteiger partial charge < -0.3 is 15.0 Å². The van der Waals surface area contributed by atoms with E-state index in [2.05, 4.69) is 5.32 Å². The van der Waals surface area contributed by atoms with Gasteiger partial charge in [0.05, 0.1) is 13.2 Å². The molecule has 0 aromatic heterocycles. The highest BCUT2D eigenvalue weighted by Crippen LogP contribution is 2.32. The molecule has 1 fully saturated rings. The molecule has 0 spiro atoms. The van der Waals surface area contributed by atoms with Gasteiger partial charge in [0.25, 0.3) is 5.91 Å². The number of rotatable bonds is 8. The zero-order valence-corrected chi connectivity index (χ0v) is 19.2. The number of carbonyl (C=O) groups excluding carboxylic acids is 3. The van der Waals surface area contributed by atoms with Gasteiger partial charge >= 0.3 is 6.03 Å². The van der Waals surface area contributed by atoms with E-state index in [-0.39, 0.29) is 19.1 Å². The second-order valence-electron chi connectivity index (χ2n) is 8.16. The van der Waals surface area contributed by atoms with Crippen LogP contribution in [-0.4, -0.2) is 41.3 Å². The number of para-hydroxylation sites is 1. The maximum Gasteiger partial charge on any atom is 0.328 e. The van der Waals surface area contributed by atoms with Gasteiger partial charge in [-0.05, 0) is 24.1 Å². The third-order valence-electron chi connectivity index (χ3n) is 5.88. The Hall–Kier alpha value is -4.13. The molecule has 1 aliphatic heterocycles. The molecule has 4 rings (SSSR count). The van der Waals surface area contributed by atoms with E-state index in [9.17, 15) is 14.4 Å². The van der Waals surface area contributed by atoms with E-state index in [1.165, 1.54) is 4.90 Å². The van der Waals surface area contributed by atoms with E-state index < -0.39 is 23.9 Å². The molecule has 0 radical (unpaired) electrons. The summed E-state index contributed by atoms with van der Waals surface area (Å²) in [6, 6.07) is 24.4. The van der Waals surface area contributed by atoms with Crippen LogP contribution in [0, 0.1) is 0 Å². The van der Waals surface area contributed by atoms with E-state index in [1.807, 2.05) is 91.9 Å². The smallest absolute Gasteiger partial charge is 0.328 e. The van der Waals surface area contributed by atoms with E-state index in [0.717, 1.165) is 16.0 Å². The van der Waals surface area contributed by atoms with Crippen LogP contribution in [0.4, 0.5) is 4.79 Å². The molecule has 0 aliphatic carbocycles. The quantitative estimate of drug-likeness (QED) is 0.517. The second-order valence-corrected chi connectivity index (χ2v) is 8.16. The Bertz CT molecular complexity index is 1170. The maximum atomic E-state index is 13.4. The minimum Gasteiger partial charge on any atom is -0.496 e. The highest BCUT2D eigenvalue weighted by atomic mass is 16.5. The molecule has 0 bridgehead atoms. The molecular formula is C27H27N3O4. The van der Waals surface area contributed by atoms with Gasteiger partial charge in [-0.1, -0.05) is 78.9 Å². The Morgan fingerprint density at radius 3 is 2.24 bits per heavy atom. The lowest BCUT2D eigenvalue weighted by molar-refractivity contribution is -0.133. The first-order valence-corrected chi connectivity index (χ1v) is 11.1. The molecule has 3 aromatic rings. The van der Waals surface area contributed by atoms with Crippen LogP contribution in [0.5, 0.6) is 5.75 Å². The monoisotopic (exact) mass is 457 g/mol. The van der Waals surface area contributed by atoms with Crippen LogP contribution in [0.2, 0.25) is 0 Å². The normalized spacial score (nSPS) is 16.5. The summed E-state index contributed by atoms with van der Waals surface area (Å²) in [6.45, 7) is 1.74. The predicted molar refractivity (Wildman–Crippen MR) is 128 cm³/mol. The molecule has 0 saturated carbocycles. The third kappa shape index (κ3) is 4.78. The fourth-order valence-corrected chi connectivity index (χ4v) is 4.22. The summed E-state index contributed by atoms with van der Waals surface area (Å²) >= 11 is 0. The number of imide groups is 1. The number of carbonyl (C=O) groups is 3. The molecule has 1 aliphatic rings. The first-order valence-electron chi connectivity index (χ1n) is 11.1. The van der Waals surface area contributed by atoms with Crippen LogP contribution >= 0.6 is 0 Å². The largest absolute Gasteiger partial charge is 0.496 e. The van der Waals surface area contributed by atoms with Crippen LogP contribution in [-0.2, 0) is 16.1 Å². The van der Waals surface area contributed by atoms with E-state index >= 15 is 0 Å². The minimum absolute atomic E-state index is 0.265. The summed E-state index contributed by atoms with van der Waals surface area (Å²) in [5, 5.41) is 2.87.